The van der Waals surface area contributed by atoms with Crippen LogP contribution in [0.4, 0.5) is 5.82 Å². The molecule has 0 spiro atoms. The lowest BCUT2D eigenvalue weighted by Gasteiger charge is -2.34. The first-order valence-electron chi connectivity index (χ1n) is 10.5. The highest BCUT2D eigenvalue weighted by atomic mass is 16.2. The van der Waals surface area contributed by atoms with E-state index in [1.165, 1.54) is 0 Å². The number of rotatable bonds is 4. The Morgan fingerprint density at radius 3 is 2.65 bits per heavy atom. The number of para-hydroxylation sites is 1. The summed E-state index contributed by atoms with van der Waals surface area (Å²) < 4.78 is 1.82. The van der Waals surface area contributed by atoms with E-state index in [-0.39, 0.29) is 5.91 Å². The Morgan fingerprint density at radius 2 is 1.84 bits per heavy atom. The average molecular weight is 416 g/mol. The molecule has 1 fully saturated rings. The van der Waals surface area contributed by atoms with Gasteiger partial charge in [0.25, 0.3) is 5.91 Å². The minimum Gasteiger partial charge on any atom is -0.383 e. The van der Waals surface area contributed by atoms with E-state index < -0.39 is 0 Å². The van der Waals surface area contributed by atoms with Crippen molar-refractivity contribution >= 4 is 33.7 Å². The van der Waals surface area contributed by atoms with Crippen molar-refractivity contribution in [3.63, 3.8) is 0 Å². The molecule has 0 atom stereocenters. The molecule has 1 saturated heterocycles. The Hall–Kier alpha value is -3.59. The molecule has 31 heavy (non-hydrogen) atoms. The van der Waals surface area contributed by atoms with Crippen molar-refractivity contribution in [1.29, 1.82) is 0 Å². The fourth-order valence-corrected chi connectivity index (χ4v) is 4.05. The maximum absolute atomic E-state index is 13.0. The number of nitrogens with two attached hydrogens (primary N) is 1. The van der Waals surface area contributed by atoms with Crippen LogP contribution in [0, 0.1) is 0 Å². The first kappa shape index (κ1) is 19.4. The molecular weight excluding hydrogens is 392 g/mol. The molecule has 4 aromatic rings. The Labute approximate surface area is 179 Å². The lowest BCUT2D eigenvalue weighted by Crippen LogP contribution is -2.48. The second kappa shape index (κ2) is 7.92. The number of nitrogens with zero attached hydrogens (tertiary/aromatic N) is 7. The van der Waals surface area contributed by atoms with Gasteiger partial charge in [-0.15, -0.1) is 5.10 Å². The van der Waals surface area contributed by atoms with Gasteiger partial charge in [0.1, 0.15) is 17.2 Å². The van der Waals surface area contributed by atoms with Gasteiger partial charge in [0.15, 0.2) is 0 Å². The van der Waals surface area contributed by atoms with E-state index in [9.17, 15) is 4.79 Å². The number of hydrogen-bond donors (Lipinski definition) is 1. The van der Waals surface area contributed by atoms with Gasteiger partial charge in [0.05, 0.1) is 17.6 Å². The lowest BCUT2D eigenvalue weighted by molar-refractivity contribution is 0.0626. The molecule has 0 radical (unpaired) electrons. The monoisotopic (exact) mass is 416 g/mol. The number of benzene rings is 2. The topological polar surface area (TPSA) is 106 Å². The van der Waals surface area contributed by atoms with Gasteiger partial charge in [-0.2, -0.15) is 0 Å². The minimum atomic E-state index is 0.0267. The summed E-state index contributed by atoms with van der Waals surface area (Å²) in [4.78, 5) is 26.2. The number of nitrogen functional groups attached to an aromatic ring is 1. The van der Waals surface area contributed by atoms with E-state index in [1.807, 2.05) is 59.0 Å². The number of hydrogen-bond acceptors (Lipinski definition) is 7. The van der Waals surface area contributed by atoms with Crippen LogP contribution in [0.5, 0.6) is 0 Å². The molecule has 0 saturated carbocycles. The molecule has 1 amide bonds. The number of anilines is 1. The van der Waals surface area contributed by atoms with E-state index >= 15 is 0 Å². The molecule has 3 heterocycles. The van der Waals surface area contributed by atoms with Crippen molar-refractivity contribution in [3.8, 4) is 0 Å². The highest BCUT2D eigenvalue weighted by Crippen LogP contribution is 2.19. The van der Waals surface area contributed by atoms with Gasteiger partial charge in [-0.05, 0) is 37.3 Å². The van der Waals surface area contributed by atoms with Gasteiger partial charge < -0.3 is 10.6 Å². The summed E-state index contributed by atoms with van der Waals surface area (Å²) in [7, 11) is 0. The van der Waals surface area contributed by atoms with Gasteiger partial charge in [0, 0.05) is 43.7 Å². The van der Waals surface area contributed by atoms with Gasteiger partial charge >= 0.3 is 0 Å². The Kier molecular flexibility index (Phi) is 4.95. The molecule has 1 aliphatic heterocycles. The second-order valence-corrected chi connectivity index (χ2v) is 7.72. The smallest absolute Gasteiger partial charge is 0.254 e. The van der Waals surface area contributed by atoms with Crippen molar-refractivity contribution in [2.45, 2.75) is 20.0 Å². The zero-order valence-corrected chi connectivity index (χ0v) is 17.4. The molecule has 1 aliphatic rings. The van der Waals surface area contributed by atoms with Gasteiger partial charge in [-0.3, -0.25) is 9.69 Å². The van der Waals surface area contributed by atoms with Crippen LogP contribution in [0.25, 0.3) is 21.9 Å². The van der Waals surface area contributed by atoms with E-state index in [2.05, 4.69) is 25.2 Å². The van der Waals surface area contributed by atoms with Crippen LogP contribution in [-0.4, -0.2) is 66.8 Å². The summed E-state index contributed by atoms with van der Waals surface area (Å²) in [6.45, 7) is 6.21. The van der Waals surface area contributed by atoms with Crippen LogP contribution in [0.1, 0.15) is 23.1 Å². The van der Waals surface area contributed by atoms with Crippen molar-refractivity contribution in [1.82, 2.24) is 34.8 Å². The predicted molar refractivity (Wildman–Crippen MR) is 118 cm³/mol. The molecule has 9 heteroatoms. The van der Waals surface area contributed by atoms with Gasteiger partial charge in [-0.1, -0.05) is 17.3 Å². The van der Waals surface area contributed by atoms with Crippen molar-refractivity contribution in [2.24, 2.45) is 0 Å². The summed E-state index contributed by atoms with van der Waals surface area (Å²) in [5.41, 5.74) is 9.30. The fraction of sp³-hybridized carbons (Fsp3) is 0.318. The van der Waals surface area contributed by atoms with E-state index in [4.69, 9.17) is 5.73 Å². The van der Waals surface area contributed by atoms with Crippen LogP contribution in [0.15, 0.2) is 42.5 Å². The zero-order chi connectivity index (χ0) is 21.4. The molecule has 2 N–H and O–H groups in total. The molecular formula is C22H24N8O. The van der Waals surface area contributed by atoms with E-state index in [0.29, 0.717) is 36.8 Å². The SMILES string of the molecule is CCn1nnc2cc(C(=O)N3CCN(Cc4nc(N)c5ccccc5n4)CC3)ccc21. The fourth-order valence-electron chi connectivity index (χ4n) is 4.05. The maximum Gasteiger partial charge on any atom is 0.254 e. The largest absolute Gasteiger partial charge is 0.383 e. The van der Waals surface area contributed by atoms with Crippen LogP contribution >= 0.6 is 0 Å². The highest BCUT2D eigenvalue weighted by Gasteiger charge is 2.23. The van der Waals surface area contributed by atoms with Crippen LogP contribution < -0.4 is 5.73 Å². The summed E-state index contributed by atoms with van der Waals surface area (Å²) in [6.07, 6.45) is 0. The molecule has 0 aliphatic carbocycles. The molecule has 9 nitrogen and oxygen atoms in total. The van der Waals surface area contributed by atoms with Crippen molar-refractivity contribution in [3.05, 3.63) is 53.9 Å². The van der Waals surface area contributed by atoms with Gasteiger partial charge in [0.2, 0.25) is 0 Å². The number of aromatic nitrogens is 5. The third-order valence-corrected chi connectivity index (χ3v) is 5.76. The van der Waals surface area contributed by atoms with Crippen LogP contribution in [-0.2, 0) is 13.1 Å². The molecule has 0 bridgehead atoms. The predicted octanol–water partition coefficient (Wildman–Crippen LogP) is 1.93. The Morgan fingerprint density at radius 1 is 1.03 bits per heavy atom. The third kappa shape index (κ3) is 3.68. The molecule has 2 aromatic carbocycles. The Balaban J connectivity index is 1.24. The quantitative estimate of drug-likeness (QED) is 0.542. The molecule has 2 aromatic heterocycles. The molecule has 5 rings (SSSR count). The number of piperazine rings is 1. The normalized spacial score (nSPS) is 15.1. The first-order valence-corrected chi connectivity index (χ1v) is 10.5. The van der Waals surface area contributed by atoms with E-state index in [1.54, 1.807) is 0 Å². The van der Waals surface area contributed by atoms with Crippen LogP contribution in [0.2, 0.25) is 0 Å². The number of carbonyl (C=O) groups excluding carboxylic acids is 1. The third-order valence-electron chi connectivity index (χ3n) is 5.76. The standard InChI is InChI=1S/C22H24N8O/c1-2-30-19-8-7-15(13-18(19)26-27-30)22(31)29-11-9-28(10-12-29)14-20-24-17-6-4-3-5-16(17)21(23)25-20/h3-8,13H,2,9-12,14H2,1H3,(H2,23,24,25). The Bertz CT molecular complexity index is 1260. The number of amides is 1. The van der Waals surface area contributed by atoms with Crippen LogP contribution in [0.3, 0.4) is 0 Å². The summed E-state index contributed by atoms with van der Waals surface area (Å²) in [6, 6.07) is 13.4. The first-order chi connectivity index (χ1) is 15.1. The van der Waals surface area contributed by atoms with Crippen molar-refractivity contribution in [2.75, 3.05) is 31.9 Å². The minimum absolute atomic E-state index is 0.0267. The van der Waals surface area contributed by atoms with E-state index in [0.717, 1.165) is 41.6 Å². The number of fused-ring (bicyclic) bond motifs is 2. The van der Waals surface area contributed by atoms with Gasteiger partial charge in [-0.25, -0.2) is 14.6 Å². The lowest BCUT2D eigenvalue weighted by atomic mass is 10.1. The number of aryl methyl sites for hydroxylation is 1. The maximum atomic E-state index is 13.0. The summed E-state index contributed by atoms with van der Waals surface area (Å²) in [5, 5.41) is 9.16. The average Bonchev–Trinajstić information content (AvgIpc) is 3.21. The van der Waals surface area contributed by atoms with Crippen molar-refractivity contribution < 1.29 is 4.79 Å². The zero-order valence-electron chi connectivity index (χ0n) is 17.4. The highest BCUT2D eigenvalue weighted by molar-refractivity contribution is 5.97. The second-order valence-electron chi connectivity index (χ2n) is 7.72. The summed E-state index contributed by atoms with van der Waals surface area (Å²) >= 11 is 0. The molecule has 158 valence electrons. The number of carbonyl (C=O) groups is 1. The molecule has 0 unspecified atom stereocenters. The summed E-state index contributed by atoms with van der Waals surface area (Å²) in [5.74, 6) is 1.24.